The minimum absolute atomic E-state index is 0.161. The van der Waals surface area contributed by atoms with Crippen molar-refractivity contribution < 1.29 is 4.79 Å². The number of carbonyl (C=O) groups excluding carboxylic acids is 1. The maximum absolute atomic E-state index is 11.3. The van der Waals surface area contributed by atoms with Gasteiger partial charge in [0.05, 0.1) is 0 Å². The summed E-state index contributed by atoms with van der Waals surface area (Å²) in [6.07, 6.45) is 0. The number of amides is 1. The SMILES string of the molecule is CC1[Se]c2ccccc2NC1=O. The molecule has 0 saturated heterocycles. The Labute approximate surface area is 77.5 Å². The van der Waals surface area contributed by atoms with Gasteiger partial charge in [0, 0.05) is 0 Å². The van der Waals surface area contributed by atoms with Crippen LogP contribution in [0.25, 0.3) is 0 Å². The molecule has 0 radical (unpaired) electrons. The van der Waals surface area contributed by atoms with Crippen LogP contribution in [0.15, 0.2) is 24.3 Å². The molecule has 62 valence electrons. The van der Waals surface area contributed by atoms with Crippen molar-refractivity contribution in [1.82, 2.24) is 0 Å². The summed E-state index contributed by atoms with van der Waals surface area (Å²) in [5, 5.41) is 2.89. The molecule has 0 aliphatic carbocycles. The van der Waals surface area contributed by atoms with Gasteiger partial charge in [-0.05, 0) is 0 Å². The van der Waals surface area contributed by atoms with Crippen molar-refractivity contribution >= 4 is 31.0 Å². The molecule has 0 spiro atoms. The molecule has 2 nitrogen and oxygen atoms in total. The van der Waals surface area contributed by atoms with E-state index in [1.54, 1.807) is 0 Å². The molecule has 0 saturated carbocycles. The van der Waals surface area contributed by atoms with Crippen LogP contribution in [0.3, 0.4) is 0 Å². The monoisotopic (exact) mass is 227 g/mol. The second-order valence-corrected chi connectivity index (χ2v) is 5.65. The average Bonchev–Trinajstić information content (AvgIpc) is 2.07. The molecule has 1 aromatic carbocycles. The fourth-order valence-corrected chi connectivity index (χ4v) is 3.14. The van der Waals surface area contributed by atoms with Crippen molar-refractivity contribution in [2.45, 2.75) is 11.7 Å². The summed E-state index contributed by atoms with van der Waals surface area (Å²) in [6, 6.07) is 8.02. The van der Waals surface area contributed by atoms with E-state index in [9.17, 15) is 4.79 Å². The predicted octanol–water partition coefficient (Wildman–Crippen LogP) is 0.777. The van der Waals surface area contributed by atoms with Crippen molar-refractivity contribution in [1.29, 1.82) is 0 Å². The van der Waals surface area contributed by atoms with Crippen molar-refractivity contribution in [2.24, 2.45) is 0 Å². The summed E-state index contributed by atoms with van der Waals surface area (Å²) >= 11 is 0.304. The van der Waals surface area contributed by atoms with Gasteiger partial charge in [0.25, 0.3) is 0 Å². The molecule has 0 aromatic heterocycles. The van der Waals surface area contributed by atoms with E-state index in [2.05, 4.69) is 11.4 Å². The van der Waals surface area contributed by atoms with Gasteiger partial charge in [0.2, 0.25) is 0 Å². The molecule has 12 heavy (non-hydrogen) atoms. The Morgan fingerprint density at radius 1 is 1.42 bits per heavy atom. The second-order valence-electron chi connectivity index (χ2n) is 2.75. The van der Waals surface area contributed by atoms with Gasteiger partial charge in [0.1, 0.15) is 0 Å². The molecule has 0 fully saturated rings. The van der Waals surface area contributed by atoms with Gasteiger partial charge >= 0.3 is 77.1 Å². The van der Waals surface area contributed by atoms with Crippen molar-refractivity contribution in [2.75, 3.05) is 5.32 Å². The Balaban J connectivity index is 2.40. The fourth-order valence-electron chi connectivity index (χ4n) is 1.15. The first-order valence-corrected chi connectivity index (χ1v) is 5.68. The van der Waals surface area contributed by atoms with Gasteiger partial charge in [-0.1, -0.05) is 0 Å². The summed E-state index contributed by atoms with van der Waals surface area (Å²) in [6.45, 7) is 1.98. The third-order valence-corrected chi connectivity index (χ3v) is 4.29. The zero-order valence-corrected chi connectivity index (χ0v) is 8.42. The third kappa shape index (κ3) is 1.26. The first kappa shape index (κ1) is 7.84. The Kier molecular flexibility index (Phi) is 1.91. The van der Waals surface area contributed by atoms with Crippen LogP contribution in [0.1, 0.15) is 6.92 Å². The molecule has 2 rings (SSSR count). The number of hydrogen-bond acceptors (Lipinski definition) is 1. The van der Waals surface area contributed by atoms with Crippen LogP contribution in [0, 0.1) is 0 Å². The average molecular weight is 226 g/mol. The fraction of sp³-hybridized carbons (Fsp3) is 0.222. The molecular formula is C9H9NOSe. The van der Waals surface area contributed by atoms with E-state index in [4.69, 9.17) is 0 Å². The van der Waals surface area contributed by atoms with Gasteiger partial charge in [-0.25, -0.2) is 0 Å². The number of anilines is 1. The van der Waals surface area contributed by atoms with E-state index in [1.807, 2.05) is 25.1 Å². The summed E-state index contributed by atoms with van der Waals surface area (Å²) in [5.74, 6) is 0.161. The van der Waals surface area contributed by atoms with Gasteiger partial charge < -0.3 is 0 Å². The van der Waals surface area contributed by atoms with Crippen LogP contribution in [0.4, 0.5) is 5.69 Å². The summed E-state index contributed by atoms with van der Waals surface area (Å²) in [7, 11) is 0. The molecule has 1 heterocycles. The second kappa shape index (κ2) is 2.92. The number of carbonyl (C=O) groups is 1. The van der Waals surface area contributed by atoms with E-state index in [0.717, 1.165) is 5.69 Å². The quantitative estimate of drug-likeness (QED) is 0.650. The zero-order valence-electron chi connectivity index (χ0n) is 6.70. The van der Waals surface area contributed by atoms with Crippen molar-refractivity contribution in [3.63, 3.8) is 0 Å². The molecular weight excluding hydrogens is 217 g/mol. The first-order chi connectivity index (χ1) is 5.77. The van der Waals surface area contributed by atoms with Crippen LogP contribution in [0.2, 0.25) is 4.82 Å². The molecule has 1 aromatic rings. The normalized spacial score (nSPS) is 21.4. The molecule has 1 unspecified atom stereocenters. The van der Waals surface area contributed by atoms with E-state index in [-0.39, 0.29) is 10.7 Å². The Morgan fingerprint density at radius 3 is 3.00 bits per heavy atom. The molecule has 1 aliphatic rings. The van der Waals surface area contributed by atoms with Gasteiger partial charge in [-0.2, -0.15) is 0 Å². The Bertz CT molecular complexity index is 324. The number of hydrogen-bond donors (Lipinski definition) is 1. The van der Waals surface area contributed by atoms with Crippen molar-refractivity contribution in [3.8, 4) is 0 Å². The van der Waals surface area contributed by atoms with Gasteiger partial charge in [0.15, 0.2) is 0 Å². The van der Waals surface area contributed by atoms with Crippen LogP contribution in [0.5, 0.6) is 0 Å². The Hall–Kier alpha value is -0.791. The number of para-hydroxylation sites is 1. The summed E-state index contributed by atoms with van der Waals surface area (Å²) < 4.78 is 1.30. The molecule has 3 heteroatoms. The van der Waals surface area contributed by atoms with E-state index in [0.29, 0.717) is 15.0 Å². The van der Waals surface area contributed by atoms with E-state index in [1.165, 1.54) is 4.46 Å². The minimum atomic E-state index is 0.161. The van der Waals surface area contributed by atoms with Gasteiger partial charge in [-0.15, -0.1) is 0 Å². The summed E-state index contributed by atoms with van der Waals surface area (Å²) in [5.41, 5.74) is 1.00. The standard InChI is InChI=1S/C9H9NOSe/c1-6-9(11)10-7-4-2-3-5-8(7)12-6/h2-6H,1H3,(H,10,11). The number of benzene rings is 1. The maximum atomic E-state index is 11.3. The third-order valence-electron chi connectivity index (χ3n) is 1.82. The van der Waals surface area contributed by atoms with Crippen LogP contribution >= 0.6 is 0 Å². The first-order valence-electron chi connectivity index (χ1n) is 3.84. The van der Waals surface area contributed by atoms with E-state index < -0.39 is 0 Å². The molecule has 1 aliphatic heterocycles. The molecule has 1 atom stereocenters. The van der Waals surface area contributed by atoms with Crippen LogP contribution in [-0.2, 0) is 4.79 Å². The Morgan fingerprint density at radius 2 is 2.17 bits per heavy atom. The van der Waals surface area contributed by atoms with Crippen LogP contribution in [-0.4, -0.2) is 20.9 Å². The number of nitrogens with one attached hydrogen (secondary N) is 1. The van der Waals surface area contributed by atoms with Gasteiger partial charge in [-0.3, -0.25) is 0 Å². The zero-order chi connectivity index (χ0) is 8.55. The van der Waals surface area contributed by atoms with Crippen LogP contribution < -0.4 is 9.78 Å². The number of fused-ring (bicyclic) bond motifs is 1. The summed E-state index contributed by atoms with van der Waals surface area (Å²) in [4.78, 5) is 11.4. The molecule has 1 amide bonds. The van der Waals surface area contributed by atoms with E-state index >= 15 is 0 Å². The molecule has 1 N–H and O–H groups in total. The predicted molar refractivity (Wildman–Crippen MR) is 49.9 cm³/mol. The van der Waals surface area contributed by atoms with Crippen molar-refractivity contribution in [3.05, 3.63) is 24.3 Å². The molecule has 0 bridgehead atoms. The topological polar surface area (TPSA) is 29.1 Å². The number of rotatable bonds is 0.